The molecule has 0 aromatic heterocycles. The van der Waals surface area contributed by atoms with E-state index in [0.29, 0.717) is 11.4 Å². The minimum Gasteiger partial charge on any atom is -0.334 e. The highest BCUT2D eigenvalue weighted by atomic mass is 19.4. The molecule has 110 valence electrons. The predicted octanol–water partition coefficient (Wildman–Crippen LogP) is 1.88. The number of nitrogens with zero attached hydrogens (tertiary/aromatic N) is 2. The van der Waals surface area contributed by atoms with Crippen LogP contribution in [0.5, 0.6) is 0 Å². The van der Waals surface area contributed by atoms with Crippen LogP contribution in [0.2, 0.25) is 0 Å². The lowest BCUT2D eigenvalue weighted by Crippen LogP contribution is -2.61. The number of carbonyl (C=O) groups excluding carboxylic acids is 1. The first-order chi connectivity index (χ1) is 8.73. The fourth-order valence-electron chi connectivity index (χ4n) is 2.66. The first kappa shape index (κ1) is 14.5. The topological polar surface area (TPSA) is 23.6 Å². The Morgan fingerprint density at radius 1 is 1.00 bits per heavy atom. The van der Waals surface area contributed by atoms with Crippen LogP contribution in [0, 0.1) is 0 Å². The Balaban J connectivity index is 2.05. The molecule has 1 atom stereocenters. The van der Waals surface area contributed by atoms with E-state index in [1.54, 1.807) is 0 Å². The third kappa shape index (κ3) is 2.68. The Kier molecular flexibility index (Phi) is 3.72. The van der Waals surface area contributed by atoms with Gasteiger partial charge in [0.15, 0.2) is 0 Å². The largest absolute Gasteiger partial charge is 0.463 e. The molecule has 0 saturated carbocycles. The van der Waals surface area contributed by atoms with E-state index in [-0.39, 0.29) is 19.1 Å². The molecule has 0 aromatic carbocycles. The summed E-state index contributed by atoms with van der Waals surface area (Å²) < 4.78 is 62.5. The van der Waals surface area contributed by atoms with E-state index in [4.69, 9.17) is 0 Å². The molecule has 1 amide bonds. The predicted molar refractivity (Wildman–Crippen MR) is 56.8 cm³/mol. The number of piperidine rings is 1. The standard InChI is InChI=1S/C11H15F5N2O/c12-10(13,11(14,15)16)9(19)18-6-5-17-4-2-1-3-8(17)7-18/h8H,1-7H2. The van der Waals surface area contributed by atoms with Crippen LogP contribution in [0.4, 0.5) is 22.0 Å². The molecule has 8 heteroatoms. The zero-order valence-electron chi connectivity index (χ0n) is 10.2. The van der Waals surface area contributed by atoms with Crippen molar-refractivity contribution in [2.24, 2.45) is 0 Å². The summed E-state index contributed by atoms with van der Waals surface area (Å²) in [7, 11) is 0. The van der Waals surface area contributed by atoms with Crippen molar-refractivity contribution in [3.63, 3.8) is 0 Å². The van der Waals surface area contributed by atoms with E-state index < -0.39 is 18.0 Å². The SMILES string of the molecule is O=C(N1CCN2CCCCC2C1)C(F)(F)C(F)(F)F. The number of carbonyl (C=O) groups is 1. The summed E-state index contributed by atoms with van der Waals surface area (Å²) in [5.74, 6) is -7.41. The molecule has 2 aliphatic rings. The summed E-state index contributed by atoms with van der Waals surface area (Å²) in [6.07, 6.45) is -3.17. The zero-order chi connectivity index (χ0) is 14.3. The minimum absolute atomic E-state index is 0.0372. The molecule has 0 spiro atoms. The highest BCUT2D eigenvalue weighted by molar-refractivity contribution is 5.84. The molecule has 0 radical (unpaired) electrons. The molecular weight excluding hydrogens is 271 g/mol. The average Bonchev–Trinajstić information content (AvgIpc) is 2.36. The normalized spacial score (nSPS) is 26.2. The summed E-state index contributed by atoms with van der Waals surface area (Å²) in [6.45, 7) is 1.08. The van der Waals surface area contributed by atoms with Crippen LogP contribution in [0.3, 0.4) is 0 Å². The fourth-order valence-corrected chi connectivity index (χ4v) is 2.66. The molecule has 2 saturated heterocycles. The van der Waals surface area contributed by atoms with E-state index in [9.17, 15) is 26.7 Å². The van der Waals surface area contributed by atoms with E-state index in [2.05, 4.69) is 4.90 Å². The molecule has 0 aliphatic carbocycles. The van der Waals surface area contributed by atoms with Gasteiger partial charge in [-0.25, -0.2) is 0 Å². The van der Waals surface area contributed by atoms with Gasteiger partial charge in [-0.1, -0.05) is 6.42 Å². The van der Waals surface area contributed by atoms with Crippen LogP contribution in [-0.4, -0.2) is 60.0 Å². The van der Waals surface area contributed by atoms with Crippen LogP contribution in [0.15, 0.2) is 0 Å². The van der Waals surface area contributed by atoms with Crippen LogP contribution in [-0.2, 0) is 4.79 Å². The van der Waals surface area contributed by atoms with Gasteiger partial charge in [-0.15, -0.1) is 0 Å². The zero-order valence-corrected chi connectivity index (χ0v) is 10.2. The van der Waals surface area contributed by atoms with Crippen molar-refractivity contribution >= 4 is 5.91 Å². The Morgan fingerprint density at radius 3 is 2.32 bits per heavy atom. The quantitative estimate of drug-likeness (QED) is 0.687. The fraction of sp³-hybridized carbons (Fsp3) is 0.909. The second-order valence-corrected chi connectivity index (χ2v) is 5.01. The van der Waals surface area contributed by atoms with Crippen molar-refractivity contribution in [1.29, 1.82) is 0 Å². The summed E-state index contributed by atoms with van der Waals surface area (Å²) in [4.78, 5) is 14.1. The smallest absolute Gasteiger partial charge is 0.334 e. The highest BCUT2D eigenvalue weighted by Crippen LogP contribution is 2.37. The van der Waals surface area contributed by atoms with Gasteiger partial charge in [0.1, 0.15) is 0 Å². The number of rotatable bonds is 1. The maximum Gasteiger partial charge on any atom is 0.463 e. The van der Waals surface area contributed by atoms with Gasteiger partial charge in [0.05, 0.1) is 0 Å². The molecule has 3 nitrogen and oxygen atoms in total. The van der Waals surface area contributed by atoms with Gasteiger partial charge in [-0.3, -0.25) is 9.69 Å². The van der Waals surface area contributed by atoms with Crippen LogP contribution < -0.4 is 0 Å². The maximum absolute atomic E-state index is 13.0. The average molecular weight is 286 g/mol. The van der Waals surface area contributed by atoms with Crippen molar-refractivity contribution in [2.75, 3.05) is 26.2 Å². The molecule has 2 rings (SSSR count). The molecule has 0 bridgehead atoms. The first-order valence-electron chi connectivity index (χ1n) is 6.21. The van der Waals surface area contributed by atoms with Crippen molar-refractivity contribution in [3.05, 3.63) is 0 Å². The number of alkyl halides is 5. The molecule has 2 fully saturated rings. The maximum atomic E-state index is 13.0. The number of halogens is 5. The van der Waals surface area contributed by atoms with Crippen LogP contribution in [0.1, 0.15) is 19.3 Å². The van der Waals surface area contributed by atoms with Gasteiger partial charge in [-0.05, 0) is 19.4 Å². The summed E-state index contributed by atoms with van der Waals surface area (Å²) >= 11 is 0. The summed E-state index contributed by atoms with van der Waals surface area (Å²) in [6, 6.07) is -0.0875. The molecular formula is C11H15F5N2O. The lowest BCUT2D eigenvalue weighted by molar-refractivity contribution is -0.275. The van der Waals surface area contributed by atoms with E-state index in [1.807, 2.05) is 0 Å². The van der Waals surface area contributed by atoms with E-state index in [0.717, 1.165) is 25.8 Å². The van der Waals surface area contributed by atoms with Crippen LogP contribution in [0.25, 0.3) is 0 Å². The van der Waals surface area contributed by atoms with Crippen molar-refractivity contribution in [1.82, 2.24) is 9.80 Å². The van der Waals surface area contributed by atoms with Crippen molar-refractivity contribution in [2.45, 2.75) is 37.4 Å². The second-order valence-electron chi connectivity index (χ2n) is 5.01. The third-order valence-electron chi connectivity index (χ3n) is 3.75. The number of piperazine rings is 1. The highest BCUT2D eigenvalue weighted by Gasteiger charge is 2.64. The summed E-state index contributed by atoms with van der Waals surface area (Å²) in [5.41, 5.74) is 0. The van der Waals surface area contributed by atoms with Gasteiger partial charge in [-0.2, -0.15) is 22.0 Å². The van der Waals surface area contributed by atoms with Gasteiger partial charge < -0.3 is 4.90 Å². The van der Waals surface area contributed by atoms with E-state index in [1.165, 1.54) is 0 Å². The third-order valence-corrected chi connectivity index (χ3v) is 3.75. The van der Waals surface area contributed by atoms with Crippen molar-refractivity contribution < 1.29 is 26.7 Å². The molecule has 19 heavy (non-hydrogen) atoms. The van der Waals surface area contributed by atoms with E-state index >= 15 is 0 Å². The first-order valence-corrected chi connectivity index (χ1v) is 6.21. The van der Waals surface area contributed by atoms with Gasteiger partial charge in [0.2, 0.25) is 0 Å². The number of fused-ring (bicyclic) bond motifs is 1. The Hall–Kier alpha value is -0.920. The van der Waals surface area contributed by atoms with Gasteiger partial charge in [0.25, 0.3) is 0 Å². The molecule has 0 N–H and O–H groups in total. The number of hydrogen-bond donors (Lipinski definition) is 0. The van der Waals surface area contributed by atoms with Crippen molar-refractivity contribution in [3.8, 4) is 0 Å². The van der Waals surface area contributed by atoms with Crippen LogP contribution >= 0.6 is 0 Å². The summed E-state index contributed by atoms with van der Waals surface area (Å²) in [5, 5.41) is 0. The molecule has 0 aromatic rings. The molecule has 2 heterocycles. The number of amides is 1. The molecule has 2 aliphatic heterocycles. The van der Waals surface area contributed by atoms with Gasteiger partial charge in [0, 0.05) is 25.7 Å². The monoisotopic (exact) mass is 286 g/mol. The number of hydrogen-bond acceptors (Lipinski definition) is 2. The lowest BCUT2D eigenvalue weighted by atomic mass is 9.99. The Morgan fingerprint density at radius 2 is 1.68 bits per heavy atom. The second kappa shape index (κ2) is 4.88. The minimum atomic E-state index is -5.83. The molecule has 1 unspecified atom stereocenters. The van der Waals surface area contributed by atoms with Gasteiger partial charge >= 0.3 is 18.0 Å². The Labute approximate surface area is 107 Å². The Bertz CT molecular complexity index is 357. The lowest BCUT2D eigenvalue weighted by Gasteiger charge is -2.44.